The van der Waals surface area contributed by atoms with Crippen LogP contribution in [0.2, 0.25) is 0 Å². The van der Waals surface area contributed by atoms with Gasteiger partial charge in [0.2, 0.25) is 0 Å². The Balaban J connectivity index is 0.00000312. The number of hydrogen-bond donors (Lipinski definition) is 2. The molecule has 0 saturated carbocycles. The van der Waals surface area contributed by atoms with E-state index in [2.05, 4.69) is 23.8 Å². The fourth-order valence-corrected chi connectivity index (χ4v) is 3.68. The van der Waals surface area contributed by atoms with Crippen molar-refractivity contribution in [1.82, 2.24) is 10.6 Å². The van der Waals surface area contributed by atoms with Crippen molar-refractivity contribution in [1.29, 1.82) is 0 Å². The van der Waals surface area contributed by atoms with Crippen molar-refractivity contribution in [3.05, 3.63) is 0 Å². The highest BCUT2D eigenvalue weighted by atomic mass is 127. The van der Waals surface area contributed by atoms with Crippen LogP contribution in [0.4, 0.5) is 0 Å². The van der Waals surface area contributed by atoms with E-state index in [1.54, 1.807) is 0 Å². The summed E-state index contributed by atoms with van der Waals surface area (Å²) in [7, 11) is 0. The SMILES string of the molecule is CCNC(=NCC1(SC)CCOCC1)NCCCOC1CCOC1.I. The van der Waals surface area contributed by atoms with Crippen LogP contribution in [-0.4, -0.2) is 75.7 Å². The molecule has 6 nitrogen and oxygen atoms in total. The second-order valence-electron chi connectivity index (χ2n) is 6.33. The summed E-state index contributed by atoms with van der Waals surface area (Å²) < 4.78 is 16.8. The zero-order valence-electron chi connectivity index (χ0n) is 15.6. The highest BCUT2D eigenvalue weighted by Crippen LogP contribution is 2.33. The highest BCUT2D eigenvalue weighted by Gasteiger charge is 2.31. The molecule has 0 aromatic rings. The van der Waals surface area contributed by atoms with E-state index < -0.39 is 0 Å². The van der Waals surface area contributed by atoms with E-state index in [1.165, 1.54) is 0 Å². The Morgan fingerprint density at radius 2 is 2.04 bits per heavy atom. The van der Waals surface area contributed by atoms with Gasteiger partial charge in [-0.15, -0.1) is 24.0 Å². The first-order chi connectivity index (χ1) is 11.8. The Labute approximate surface area is 173 Å². The van der Waals surface area contributed by atoms with E-state index in [1.807, 2.05) is 11.8 Å². The van der Waals surface area contributed by atoms with Gasteiger partial charge in [-0.3, -0.25) is 4.99 Å². The van der Waals surface area contributed by atoms with Gasteiger partial charge in [0.1, 0.15) is 0 Å². The first kappa shape index (κ1) is 23.3. The standard InChI is InChI=1S/C17H33N3O3S.HI/c1-3-18-16(19-8-4-9-23-15-5-10-22-13-15)20-14-17(24-2)6-11-21-12-7-17;/h15H,3-14H2,1-2H3,(H2,18,19,20);1H. The molecule has 8 heteroatoms. The molecule has 1 atom stereocenters. The van der Waals surface area contributed by atoms with Gasteiger partial charge in [0.25, 0.3) is 0 Å². The van der Waals surface area contributed by atoms with E-state index in [4.69, 9.17) is 19.2 Å². The third kappa shape index (κ3) is 8.64. The van der Waals surface area contributed by atoms with E-state index >= 15 is 0 Å². The van der Waals surface area contributed by atoms with Crippen LogP contribution in [0, 0.1) is 0 Å². The van der Waals surface area contributed by atoms with Gasteiger partial charge in [-0.2, -0.15) is 11.8 Å². The summed E-state index contributed by atoms with van der Waals surface area (Å²) in [4.78, 5) is 4.81. The fourth-order valence-electron chi connectivity index (χ4n) is 2.91. The average molecular weight is 487 g/mol. The van der Waals surface area contributed by atoms with Gasteiger partial charge in [-0.05, 0) is 38.9 Å². The van der Waals surface area contributed by atoms with Gasteiger partial charge < -0.3 is 24.8 Å². The Hall–Kier alpha value is 0.230. The predicted octanol–water partition coefficient (Wildman–Crippen LogP) is 2.27. The molecule has 0 bridgehead atoms. The van der Waals surface area contributed by atoms with E-state index in [9.17, 15) is 0 Å². The molecular formula is C17H34IN3O3S. The van der Waals surface area contributed by atoms with Crippen molar-refractivity contribution in [3.8, 4) is 0 Å². The molecule has 0 aromatic carbocycles. The summed E-state index contributed by atoms with van der Waals surface area (Å²) in [6, 6.07) is 0. The van der Waals surface area contributed by atoms with Crippen LogP contribution in [0.1, 0.15) is 32.6 Å². The number of nitrogens with zero attached hydrogens (tertiary/aromatic N) is 1. The van der Waals surface area contributed by atoms with Crippen molar-refractivity contribution in [2.24, 2.45) is 4.99 Å². The Morgan fingerprint density at radius 1 is 1.24 bits per heavy atom. The number of rotatable bonds is 9. The van der Waals surface area contributed by atoms with Crippen molar-refractivity contribution in [2.75, 3.05) is 58.9 Å². The summed E-state index contributed by atoms with van der Waals surface area (Å²) in [6.45, 7) is 8.73. The first-order valence-corrected chi connectivity index (χ1v) is 10.3. The molecule has 1 unspecified atom stereocenters. The van der Waals surface area contributed by atoms with Crippen molar-refractivity contribution < 1.29 is 14.2 Å². The first-order valence-electron chi connectivity index (χ1n) is 9.12. The number of aliphatic imine (C=N–C) groups is 1. The van der Waals surface area contributed by atoms with Crippen molar-refractivity contribution >= 4 is 41.7 Å². The minimum absolute atomic E-state index is 0. The molecule has 148 valence electrons. The van der Waals surface area contributed by atoms with Crippen LogP contribution in [-0.2, 0) is 14.2 Å². The molecule has 2 rings (SSSR count). The molecule has 0 spiro atoms. The van der Waals surface area contributed by atoms with Crippen LogP contribution >= 0.6 is 35.7 Å². The number of thioether (sulfide) groups is 1. The summed E-state index contributed by atoms with van der Waals surface area (Å²) in [5, 5.41) is 6.75. The zero-order valence-corrected chi connectivity index (χ0v) is 18.7. The van der Waals surface area contributed by atoms with Gasteiger partial charge in [-0.1, -0.05) is 0 Å². The summed E-state index contributed by atoms with van der Waals surface area (Å²) >= 11 is 1.92. The fraction of sp³-hybridized carbons (Fsp3) is 0.941. The van der Waals surface area contributed by atoms with Gasteiger partial charge in [-0.25, -0.2) is 0 Å². The zero-order chi connectivity index (χ0) is 17.1. The van der Waals surface area contributed by atoms with E-state index in [-0.39, 0.29) is 28.7 Å². The Morgan fingerprint density at radius 3 is 2.68 bits per heavy atom. The van der Waals surface area contributed by atoms with Gasteiger partial charge >= 0.3 is 0 Å². The summed E-state index contributed by atoms with van der Waals surface area (Å²) in [5.74, 6) is 0.904. The largest absolute Gasteiger partial charge is 0.381 e. The maximum absolute atomic E-state index is 5.79. The number of nitrogens with one attached hydrogen (secondary N) is 2. The molecule has 2 heterocycles. The van der Waals surface area contributed by atoms with E-state index in [0.717, 1.165) is 84.3 Å². The average Bonchev–Trinajstić information content (AvgIpc) is 3.13. The van der Waals surface area contributed by atoms with Crippen LogP contribution < -0.4 is 10.6 Å². The maximum atomic E-state index is 5.79. The lowest BCUT2D eigenvalue weighted by molar-refractivity contribution is 0.0420. The quantitative estimate of drug-likeness (QED) is 0.225. The molecule has 2 saturated heterocycles. The smallest absolute Gasteiger partial charge is 0.191 e. The molecule has 0 radical (unpaired) electrons. The number of ether oxygens (including phenoxy) is 3. The van der Waals surface area contributed by atoms with Gasteiger partial charge in [0, 0.05) is 44.3 Å². The summed E-state index contributed by atoms with van der Waals surface area (Å²) in [5.41, 5.74) is 0. The second-order valence-corrected chi connectivity index (χ2v) is 7.61. The highest BCUT2D eigenvalue weighted by molar-refractivity contribution is 14.0. The lowest BCUT2D eigenvalue weighted by atomic mass is 9.99. The lowest BCUT2D eigenvalue weighted by Crippen LogP contribution is -2.41. The molecule has 2 aliphatic heterocycles. The monoisotopic (exact) mass is 487 g/mol. The normalized spacial score (nSPS) is 23.1. The Bertz CT molecular complexity index is 376. The molecule has 2 fully saturated rings. The molecule has 0 amide bonds. The van der Waals surface area contributed by atoms with Gasteiger partial charge in [0.05, 0.1) is 19.3 Å². The topological polar surface area (TPSA) is 64.1 Å². The molecule has 2 N–H and O–H groups in total. The number of halogens is 1. The Kier molecular flexibility index (Phi) is 12.5. The van der Waals surface area contributed by atoms with Crippen molar-refractivity contribution in [2.45, 2.75) is 43.5 Å². The third-order valence-electron chi connectivity index (χ3n) is 4.56. The molecule has 25 heavy (non-hydrogen) atoms. The molecular weight excluding hydrogens is 453 g/mol. The summed E-state index contributed by atoms with van der Waals surface area (Å²) in [6.07, 6.45) is 6.64. The minimum atomic E-state index is 0. The van der Waals surface area contributed by atoms with E-state index in [0.29, 0.717) is 6.10 Å². The van der Waals surface area contributed by atoms with Crippen LogP contribution in [0.25, 0.3) is 0 Å². The molecule has 0 aromatic heterocycles. The molecule has 2 aliphatic rings. The number of hydrogen-bond acceptors (Lipinski definition) is 5. The maximum Gasteiger partial charge on any atom is 0.191 e. The third-order valence-corrected chi connectivity index (χ3v) is 5.96. The lowest BCUT2D eigenvalue weighted by Gasteiger charge is -2.34. The number of guanidine groups is 1. The van der Waals surface area contributed by atoms with Crippen LogP contribution in [0.3, 0.4) is 0 Å². The minimum Gasteiger partial charge on any atom is -0.381 e. The van der Waals surface area contributed by atoms with Crippen molar-refractivity contribution in [3.63, 3.8) is 0 Å². The van der Waals surface area contributed by atoms with Crippen LogP contribution in [0.15, 0.2) is 4.99 Å². The second kappa shape index (κ2) is 13.4. The van der Waals surface area contributed by atoms with Crippen LogP contribution in [0.5, 0.6) is 0 Å². The predicted molar refractivity (Wildman–Crippen MR) is 115 cm³/mol. The molecule has 0 aliphatic carbocycles. The van der Waals surface area contributed by atoms with Gasteiger partial charge in [0.15, 0.2) is 5.96 Å².